The monoisotopic (exact) mass is 569 g/mol. The lowest BCUT2D eigenvalue weighted by Crippen LogP contribution is -2.19. The fourth-order valence-corrected chi connectivity index (χ4v) is 4.29. The highest BCUT2D eigenvalue weighted by molar-refractivity contribution is 7.15. The largest absolute Gasteiger partial charge is 0.497 e. The van der Waals surface area contributed by atoms with E-state index < -0.39 is 0 Å². The van der Waals surface area contributed by atoms with Crippen LogP contribution in [0.25, 0.3) is 0 Å². The van der Waals surface area contributed by atoms with Gasteiger partial charge in [-0.25, -0.2) is 5.43 Å². The van der Waals surface area contributed by atoms with Crippen molar-refractivity contribution >= 4 is 57.7 Å². The van der Waals surface area contributed by atoms with Gasteiger partial charge in [-0.1, -0.05) is 40.6 Å². The molecule has 2 amide bonds. The van der Waals surface area contributed by atoms with Crippen LogP contribution in [-0.2, 0) is 17.8 Å². The van der Waals surface area contributed by atoms with Crippen molar-refractivity contribution in [3.05, 3.63) is 98.5 Å². The van der Waals surface area contributed by atoms with E-state index in [0.717, 1.165) is 22.5 Å². The number of anilines is 1. The van der Waals surface area contributed by atoms with Crippen LogP contribution in [0.3, 0.4) is 0 Å². The number of hydrogen-bond acceptors (Lipinski definition) is 8. The first kappa shape index (κ1) is 27.1. The summed E-state index contributed by atoms with van der Waals surface area (Å²) in [5.74, 6) is 0.596. The topological polar surface area (TPSA) is 115 Å². The highest BCUT2D eigenvalue weighted by atomic mass is 35.5. The van der Waals surface area contributed by atoms with E-state index in [9.17, 15) is 9.59 Å². The molecule has 1 aromatic heterocycles. The van der Waals surface area contributed by atoms with Gasteiger partial charge < -0.3 is 9.47 Å². The van der Waals surface area contributed by atoms with E-state index in [0.29, 0.717) is 38.7 Å². The minimum atomic E-state index is -0.370. The van der Waals surface area contributed by atoms with Gasteiger partial charge in [0.25, 0.3) is 5.91 Å². The number of carbonyl (C=O) groups is 2. The van der Waals surface area contributed by atoms with E-state index in [1.807, 2.05) is 6.07 Å². The van der Waals surface area contributed by atoms with E-state index in [1.54, 1.807) is 67.8 Å². The molecule has 0 aliphatic rings. The molecule has 3 aromatic carbocycles. The van der Waals surface area contributed by atoms with Gasteiger partial charge in [0.2, 0.25) is 11.0 Å². The molecule has 0 saturated heterocycles. The Hall–Kier alpha value is -3.99. The first-order chi connectivity index (χ1) is 18.4. The van der Waals surface area contributed by atoms with Crippen molar-refractivity contribution in [3.8, 4) is 11.5 Å². The summed E-state index contributed by atoms with van der Waals surface area (Å²) >= 11 is 13.2. The van der Waals surface area contributed by atoms with Crippen LogP contribution in [0.15, 0.2) is 71.8 Å². The Kier molecular flexibility index (Phi) is 9.26. The molecule has 194 valence electrons. The van der Waals surface area contributed by atoms with Gasteiger partial charge in [-0.3, -0.25) is 14.9 Å². The Morgan fingerprint density at radius 2 is 1.74 bits per heavy atom. The van der Waals surface area contributed by atoms with Crippen molar-refractivity contribution in [1.29, 1.82) is 0 Å². The number of carbonyl (C=O) groups excluding carboxylic acids is 2. The van der Waals surface area contributed by atoms with Gasteiger partial charge >= 0.3 is 0 Å². The van der Waals surface area contributed by atoms with Crippen LogP contribution in [0.4, 0.5) is 5.13 Å². The van der Waals surface area contributed by atoms with Crippen molar-refractivity contribution in [2.24, 2.45) is 5.10 Å². The standard InChI is InChI=1S/C26H21Cl2N5O4S/c1-36-20-10-5-17(6-11-20)25(35)30-26-33-32-24(38-26)13-23(34)31-29-14-16-2-8-21(9-3-16)37-15-18-4-7-19(27)12-22(18)28/h2-12,14H,13,15H2,1H3,(H,31,34)(H,30,33,35)/b29-14+. The number of benzene rings is 3. The second-order valence-electron chi connectivity index (χ2n) is 7.75. The second kappa shape index (κ2) is 13.0. The smallest absolute Gasteiger partial charge is 0.257 e. The molecule has 1 heterocycles. The third-order valence-corrected chi connectivity index (χ3v) is 6.47. The molecule has 9 nitrogen and oxygen atoms in total. The van der Waals surface area contributed by atoms with Crippen LogP contribution < -0.4 is 20.2 Å². The third kappa shape index (κ3) is 7.75. The molecule has 0 atom stereocenters. The molecule has 0 unspecified atom stereocenters. The van der Waals surface area contributed by atoms with Gasteiger partial charge in [0.05, 0.1) is 19.7 Å². The van der Waals surface area contributed by atoms with Crippen molar-refractivity contribution in [2.75, 3.05) is 12.4 Å². The van der Waals surface area contributed by atoms with Gasteiger partial charge in [0, 0.05) is 21.2 Å². The minimum absolute atomic E-state index is 0.0343. The fraction of sp³-hybridized carbons (Fsp3) is 0.115. The SMILES string of the molecule is COc1ccc(C(=O)Nc2nnc(CC(=O)N/N=C/c3ccc(OCc4ccc(Cl)cc4Cl)cc3)s2)cc1. The number of nitrogens with one attached hydrogen (secondary N) is 2. The molecule has 4 aromatic rings. The van der Waals surface area contributed by atoms with Crippen LogP contribution in [0.2, 0.25) is 10.0 Å². The Labute approximate surface area is 232 Å². The number of hydrogen-bond donors (Lipinski definition) is 2. The number of methoxy groups -OCH3 is 1. The highest BCUT2D eigenvalue weighted by Crippen LogP contribution is 2.23. The lowest BCUT2D eigenvalue weighted by atomic mass is 10.2. The maximum Gasteiger partial charge on any atom is 0.257 e. The Balaban J connectivity index is 1.22. The van der Waals surface area contributed by atoms with Gasteiger partial charge in [-0.05, 0) is 66.2 Å². The summed E-state index contributed by atoms with van der Waals surface area (Å²) in [6.45, 7) is 0.304. The van der Waals surface area contributed by atoms with E-state index in [2.05, 4.69) is 26.0 Å². The van der Waals surface area contributed by atoms with Crippen molar-refractivity contribution < 1.29 is 19.1 Å². The maximum absolute atomic E-state index is 12.3. The highest BCUT2D eigenvalue weighted by Gasteiger charge is 2.12. The zero-order chi connectivity index (χ0) is 26.9. The van der Waals surface area contributed by atoms with Crippen molar-refractivity contribution in [2.45, 2.75) is 13.0 Å². The zero-order valence-corrected chi connectivity index (χ0v) is 22.3. The van der Waals surface area contributed by atoms with Crippen LogP contribution in [0.1, 0.15) is 26.5 Å². The number of ether oxygens (including phenoxy) is 2. The molecular weight excluding hydrogens is 549 g/mol. The minimum Gasteiger partial charge on any atom is -0.497 e. The molecule has 2 N–H and O–H groups in total. The quantitative estimate of drug-likeness (QED) is 0.196. The Bertz CT molecular complexity index is 1440. The third-order valence-electron chi connectivity index (χ3n) is 5.04. The van der Waals surface area contributed by atoms with E-state index in [-0.39, 0.29) is 23.4 Å². The summed E-state index contributed by atoms with van der Waals surface area (Å²) in [6.07, 6.45) is 1.48. The molecule has 0 saturated carbocycles. The predicted octanol–water partition coefficient (Wildman–Crippen LogP) is 5.38. The molecule has 0 bridgehead atoms. The summed E-state index contributed by atoms with van der Waals surface area (Å²) in [4.78, 5) is 24.6. The molecule has 0 radical (unpaired) electrons. The lowest BCUT2D eigenvalue weighted by Gasteiger charge is -2.08. The zero-order valence-electron chi connectivity index (χ0n) is 20.0. The van der Waals surface area contributed by atoms with Crippen LogP contribution in [0, 0.1) is 0 Å². The molecule has 4 rings (SSSR count). The summed E-state index contributed by atoms with van der Waals surface area (Å²) in [7, 11) is 1.55. The summed E-state index contributed by atoms with van der Waals surface area (Å²) < 4.78 is 10.8. The molecule has 0 aliphatic heterocycles. The molecule has 0 fully saturated rings. The average molecular weight is 570 g/mol. The Morgan fingerprint density at radius 1 is 1.00 bits per heavy atom. The number of amides is 2. The van der Waals surface area contributed by atoms with E-state index in [4.69, 9.17) is 32.7 Å². The molecule has 12 heteroatoms. The molecule has 0 spiro atoms. The number of aromatic nitrogens is 2. The molecule has 0 aliphatic carbocycles. The van der Waals surface area contributed by atoms with Gasteiger partial charge in [0.1, 0.15) is 23.1 Å². The van der Waals surface area contributed by atoms with E-state index in [1.165, 1.54) is 6.21 Å². The summed E-state index contributed by atoms with van der Waals surface area (Å²) in [6, 6.07) is 19.1. The predicted molar refractivity (Wildman–Crippen MR) is 148 cm³/mol. The second-order valence-corrected chi connectivity index (χ2v) is 9.65. The summed E-state index contributed by atoms with van der Waals surface area (Å²) in [5.41, 5.74) is 4.49. The maximum atomic E-state index is 12.3. The van der Waals surface area contributed by atoms with Crippen molar-refractivity contribution in [1.82, 2.24) is 15.6 Å². The van der Waals surface area contributed by atoms with Gasteiger partial charge in [-0.2, -0.15) is 5.10 Å². The van der Waals surface area contributed by atoms with Crippen molar-refractivity contribution in [3.63, 3.8) is 0 Å². The Morgan fingerprint density at radius 3 is 2.45 bits per heavy atom. The first-order valence-electron chi connectivity index (χ1n) is 11.2. The lowest BCUT2D eigenvalue weighted by molar-refractivity contribution is -0.120. The van der Waals surface area contributed by atoms with Crippen LogP contribution >= 0.6 is 34.5 Å². The van der Waals surface area contributed by atoms with E-state index >= 15 is 0 Å². The van der Waals surface area contributed by atoms with Crippen LogP contribution in [-0.4, -0.2) is 35.3 Å². The number of rotatable bonds is 10. The number of hydrazone groups is 1. The van der Waals surface area contributed by atoms with Crippen LogP contribution in [0.5, 0.6) is 11.5 Å². The van der Waals surface area contributed by atoms with Gasteiger partial charge in [0.15, 0.2) is 0 Å². The molecule has 38 heavy (non-hydrogen) atoms. The normalized spacial score (nSPS) is 10.8. The first-order valence-corrected chi connectivity index (χ1v) is 12.7. The fourth-order valence-electron chi connectivity index (χ4n) is 3.09. The van der Waals surface area contributed by atoms with Gasteiger partial charge in [-0.15, -0.1) is 10.2 Å². The molecular formula is C26H21Cl2N5O4S. The average Bonchev–Trinajstić information content (AvgIpc) is 3.35. The number of halogens is 2. The number of nitrogens with zero attached hydrogens (tertiary/aromatic N) is 3. The summed E-state index contributed by atoms with van der Waals surface area (Å²) in [5, 5.41) is 16.3.